The molecule has 0 spiro atoms. The van der Waals surface area contributed by atoms with E-state index in [1.807, 2.05) is 42.3 Å². The van der Waals surface area contributed by atoms with Crippen molar-refractivity contribution < 1.29 is 0 Å². The molecule has 0 aliphatic heterocycles. The van der Waals surface area contributed by atoms with Crippen molar-refractivity contribution in [3.63, 3.8) is 0 Å². The first-order valence-corrected chi connectivity index (χ1v) is 6.42. The normalized spacial score (nSPS) is 11.4. The van der Waals surface area contributed by atoms with Gasteiger partial charge in [0, 0.05) is 12.7 Å². The summed E-state index contributed by atoms with van der Waals surface area (Å²) in [7, 11) is 1.92. The van der Waals surface area contributed by atoms with E-state index < -0.39 is 0 Å². The minimum Gasteiger partial charge on any atom is -0.369 e. The summed E-state index contributed by atoms with van der Waals surface area (Å²) in [5, 5.41) is 0. The van der Waals surface area contributed by atoms with Crippen LogP contribution in [0.15, 0.2) is 59.6 Å². The average molecular weight is 253 g/mol. The molecule has 0 atom stereocenters. The van der Waals surface area contributed by atoms with Gasteiger partial charge >= 0.3 is 0 Å². The Kier molecular flexibility index (Phi) is 4.18. The van der Waals surface area contributed by atoms with Crippen LogP contribution in [0.5, 0.6) is 0 Å². The molecule has 2 N–H and O–H groups in total. The van der Waals surface area contributed by atoms with E-state index in [4.69, 9.17) is 5.73 Å². The monoisotopic (exact) mass is 253 g/mol. The quantitative estimate of drug-likeness (QED) is 0.673. The molecule has 0 bridgehead atoms. The first-order chi connectivity index (χ1) is 9.20. The Morgan fingerprint density at radius 2 is 1.68 bits per heavy atom. The van der Waals surface area contributed by atoms with Crippen LogP contribution in [0.3, 0.4) is 0 Å². The summed E-state index contributed by atoms with van der Waals surface area (Å²) in [4.78, 5) is 6.28. The Morgan fingerprint density at radius 1 is 1.05 bits per heavy atom. The molecular weight excluding hydrogens is 234 g/mol. The van der Waals surface area contributed by atoms with Crippen molar-refractivity contribution in [3.8, 4) is 0 Å². The van der Waals surface area contributed by atoms with Gasteiger partial charge < -0.3 is 10.6 Å². The van der Waals surface area contributed by atoms with Gasteiger partial charge in [-0.05, 0) is 36.2 Å². The molecule has 0 saturated carbocycles. The third-order valence-electron chi connectivity index (χ3n) is 3.08. The molecule has 0 aliphatic carbocycles. The lowest BCUT2D eigenvalue weighted by Gasteiger charge is -2.18. The summed E-state index contributed by atoms with van der Waals surface area (Å²) < 4.78 is 0. The maximum atomic E-state index is 6.03. The SMILES string of the molecule is CCc1ccc(N(C)C(N)=Nc2ccccc2)cc1. The summed E-state index contributed by atoms with van der Waals surface area (Å²) in [5.74, 6) is 0.482. The summed E-state index contributed by atoms with van der Waals surface area (Å²) in [6.45, 7) is 2.14. The van der Waals surface area contributed by atoms with E-state index in [2.05, 4.69) is 36.2 Å². The van der Waals surface area contributed by atoms with Crippen LogP contribution >= 0.6 is 0 Å². The molecule has 0 fully saturated rings. The van der Waals surface area contributed by atoms with Gasteiger partial charge in [-0.15, -0.1) is 0 Å². The van der Waals surface area contributed by atoms with Gasteiger partial charge in [0.05, 0.1) is 5.69 Å². The number of hydrogen-bond acceptors (Lipinski definition) is 1. The number of nitrogens with two attached hydrogens (primary N) is 1. The van der Waals surface area contributed by atoms with Gasteiger partial charge in [-0.25, -0.2) is 4.99 Å². The number of nitrogens with zero attached hydrogens (tertiary/aromatic N) is 2. The lowest BCUT2D eigenvalue weighted by Crippen LogP contribution is -2.33. The highest BCUT2D eigenvalue weighted by atomic mass is 15.2. The van der Waals surface area contributed by atoms with Crippen LogP contribution in [0.1, 0.15) is 12.5 Å². The van der Waals surface area contributed by atoms with Crippen molar-refractivity contribution in [1.29, 1.82) is 0 Å². The van der Waals surface area contributed by atoms with Gasteiger partial charge in [-0.1, -0.05) is 37.3 Å². The third-order valence-corrected chi connectivity index (χ3v) is 3.08. The number of guanidine groups is 1. The number of anilines is 1. The predicted octanol–water partition coefficient (Wildman–Crippen LogP) is 3.33. The van der Waals surface area contributed by atoms with E-state index >= 15 is 0 Å². The number of aryl methyl sites for hydroxylation is 1. The number of hydrogen-bond donors (Lipinski definition) is 1. The van der Waals surface area contributed by atoms with E-state index in [-0.39, 0.29) is 0 Å². The van der Waals surface area contributed by atoms with Gasteiger partial charge in [-0.2, -0.15) is 0 Å². The number of rotatable bonds is 3. The Bertz CT molecular complexity index is 544. The second kappa shape index (κ2) is 6.05. The Hall–Kier alpha value is -2.29. The first kappa shape index (κ1) is 13.1. The molecule has 0 aromatic heterocycles. The Morgan fingerprint density at radius 3 is 2.26 bits per heavy atom. The minimum atomic E-state index is 0.482. The van der Waals surface area contributed by atoms with E-state index in [1.165, 1.54) is 5.56 Å². The van der Waals surface area contributed by atoms with Gasteiger partial charge in [-0.3, -0.25) is 0 Å². The van der Waals surface area contributed by atoms with Crippen LogP contribution in [0.2, 0.25) is 0 Å². The summed E-state index contributed by atoms with van der Waals surface area (Å²) in [6, 6.07) is 18.1. The van der Waals surface area contributed by atoms with Crippen molar-refractivity contribution in [2.75, 3.05) is 11.9 Å². The largest absolute Gasteiger partial charge is 0.369 e. The lowest BCUT2D eigenvalue weighted by molar-refractivity contribution is 1.13. The van der Waals surface area contributed by atoms with Crippen molar-refractivity contribution in [1.82, 2.24) is 0 Å². The first-order valence-electron chi connectivity index (χ1n) is 6.42. The fourth-order valence-electron chi connectivity index (χ4n) is 1.80. The van der Waals surface area contributed by atoms with Crippen LogP contribution in [-0.2, 0) is 6.42 Å². The second-order valence-electron chi connectivity index (χ2n) is 4.38. The average Bonchev–Trinajstić information content (AvgIpc) is 2.47. The predicted molar refractivity (Wildman–Crippen MR) is 81.9 cm³/mol. The molecule has 0 radical (unpaired) electrons. The molecule has 98 valence electrons. The van der Waals surface area contributed by atoms with Gasteiger partial charge in [0.1, 0.15) is 0 Å². The topological polar surface area (TPSA) is 41.6 Å². The molecule has 19 heavy (non-hydrogen) atoms. The van der Waals surface area contributed by atoms with Crippen LogP contribution in [0.4, 0.5) is 11.4 Å². The van der Waals surface area contributed by atoms with E-state index in [1.54, 1.807) is 0 Å². The molecule has 3 heteroatoms. The third kappa shape index (κ3) is 3.35. The van der Waals surface area contributed by atoms with Gasteiger partial charge in [0.2, 0.25) is 5.96 Å². The molecule has 0 unspecified atom stereocenters. The second-order valence-corrected chi connectivity index (χ2v) is 4.38. The molecule has 0 heterocycles. The number of aliphatic imine (C=N–C) groups is 1. The highest BCUT2D eigenvalue weighted by Gasteiger charge is 2.04. The highest BCUT2D eigenvalue weighted by molar-refractivity contribution is 5.95. The smallest absolute Gasteiger partial charge is 0.200 e. The summed E-state index contributed by atoms with van der Waals surface area (Å²) in [6.07, 6.45) is 1.04. The Balaban J connectivity index is 2.18. The molecule has 2 rings (SSSR count). The zero-order valence-electron chi connectivity index (χ0n) is 11.4. The summed E-state index contributed by atoms with van der Waals surface area (Å²) >= 11 is 0. The van der Waals surface area contributed by atoms with Crippen molar-refractivity contribution in [2.45, 2.75) is 13.3 Å². The highest BCUT2D eigenvalue weighted by Crippen LogP contribution is 2.16. The van der Waals surface area contributed by atoms with Gasteiger partial charge in [0.25, 0.3) is 0 Å². The van der Waals surface area contributed by atoms with E-state index in [0.717, 1.165) is 17.8 Å². The fraction of sp³-hybridized carbons (Fsp3) is 0.188. The fourth-order valence-corrected chi connectivity index (χ4v) is 1.80. The Labute approximate surface area is 114 Å². The van der Waals surface area contributed by atoms with Crippen LogP contribution in [0.25, 0.3) is 0 Å². The van der Waals surface area contributed by atoms with Crippen molar-refractivity contribution >= 4 is 17.3 Å². The lowest BCUT2D eigenvalue weighted by atomic mass is 10.1. The van der Waals surface area contributed by atoms with Crippen molar-refractivity contribution in [2.24, 2.45) is 10.7 Å². The number of benzene rings is 2. The summed E-state index contributed by atoms with van der Waals surface area (Å²) in [5.41, 5.74) is 9.24. The molecule has 2 aromatic carbocycles. The van der Waals surface area contributed by atoms with Crippen LogP contribution < -0.4 is 10.6 Å². The van der Waals surface area contributed by atoms with E-state index in [0.29, 0.717) is 5.96 Å². The molecule has 0 saturated heterocycles. The zero-order valence-corrected chi connectivity index (χ0v) is 11.4. The molecular formula is C16H19N3. The van der Waals surface area contributed by atoms with Gasteiger partial charge in [0.15, 0.2) is 0 Å². The maximum Gasteiger partial charge on any atom is 0.200 e. The zero-order chi connectivity index (χ0) is 13.7. The maximum absolute atomic E-state index is 6.03. The minimum absolute atomic E-state index is 0.482. The standard InChI is InChI=1S/C16H19N3/c1-3-13-9-11-15(12-10-13)19(2)16(17)18-14-7-5-4-6-8-14/h4-12H,3H2,1-2H3,(H2,17,18). The van der Waals surface area contributed by atoms with E-state index in [9.17, 15) is 0 Å². The van der Waals surface area contributed by atoms with Crippen molar-refractivity contribution in [3.05, 3.63) is 60.2 Å². The van der Waals surface area contributed by atoms with Crippen LogP contribution in [-0.4, -0.2) is 13.0 Å². The molecule has 0 aliphatic rings. The number of para-hydroxylation sites is 1. The van der Waals surface area contributed by atoms with Crippen LogP contribution in [0, 0.1) is 0 Å². The molecule has 2 aromatic rings. The molecule has 0 amide bonds. The molecule has 3 nitrogen and oxygen atoms in total.